The average molecular weight is 442 g/mol. The number of fused-ring (bicyclic) bond motifs is 1. The Morgan fingerprint density at radius 1 is 1.32 bits per heavy atom. The Bertz CT molecular complexity index is 1040. The molecule has 2 aromatic rings. The zero-order valence-corrected chi connectivity index (χ0v) is 18.7. The molecule has 0 bridgehead atoms. The van der Waals surface area contributed by atoms with E-state index in [1.54, 1.807) is 13.2 Å². The summed E-state index contributed by atoms with van der Waals surface area (Å²) in [5, 5.41) is 3.55. The van der Waals surface area contributed by atoms with Crippen molar-refractivity contribution in [1.29, 1.82) is 0 Å². The summed E-state index contributed by atoms with van der Waals surface area (Å²) in [4.78, 5) is 38.8. The summed E-state index contributed by atoms with van der Waals surface area (Å²) < 4.78 is 6.93. The Balaban J connectivity index is 1.93. The summed E-state index contributed by atoms with van der Waals surface area (Å²) in [5.74, 6) is -0.407. The van der Waals surface area contributed by atoms with Crippen molar-refractivity contribution in [2.24, 2.45) is 0 Å². The van der Waals surface area contributed by atoms with E-state index in [0.717, 1.165) is 46.6 Å². The normalized spacial score (nSPS) is 15.3. The summed E-state index contributed by atoms with van der Waals surface area (Å²) in [6.45, 7) is 7.17. The lowest BCUT2D eigenvalue weighted by Crippen LogP contribution is -2.28. The van der Waals surface area contributed by atoms with Crippen LogP contribution in [0.4, 0.5) is 4.79 Å². The fourth-order valence-electron chi connectivity index (χ4n) is 3.57. The van der Waals surface area contributed by atoms with Crippen LogP contribution < -0.4 is 5.32 Å². The second-order valence-corrected chi connectivity index (χ2v) is 8.15. The molecule has 1 aromatic carbocycles. The summed E-state index contributed by atoms with van der Waals surface area (Å²) in [7, 11) is 1.63. The highest BCUT2D eigenvalue weighted by Gasteiger charge is 2.34. The molecular weight excluding hydrogens is 414 g/mol. The minimum atomic E-state index is -0.321. The number of thioether (sulfide) groups is 1. The lowest BCUT2D eigenvalue weighted by atomic mass is 10.1. The Labute approximate surface area is 186 Å². The van der Waals surface area contributed by atoms with Crippen LogP contribution in [-0.2, 0) is 27.3 Å². The molecule has 1 fully saturated rings. The van der Waals surface area contributed by atoms with E-state index in [4.69, 9.17) is 4.74 Å². The Morgan fingerprint density at radius 2 is 2.13 bits per heavy atom. The molecule has 0 spiro atoms. The van der Waals surface area contributed by atoms with E-state index in [1.165, 1.54) is 11.0 Å². The monoisotopic (exact) mass is 441 g/mol. The van der Waals surface area contributed by atoms with E-state index < -0.39 is 0 Å². The number of nitrogens with one attached hydrogen (secondary N) is 1. The van der Waals surface area contributed by atoms with Crippen LogP contribution in [0.5, 0.6) is 0 Å². The van der Waals surface area contributed by atoms with Gasteiger partial charge in [-0.1, -0.05) is 31.2 Å². The van der Waals surface area contributed by atoms with E-state index in [2.05, 4.69) is 18.8 Å². The number of imide groups is 1. The van der Waals surface area contributed by atoms with Crippen molar-refractivity contribution < 1.29 is 19.1 Å². The van der Waals surface area contributed by atoms with E-state index in [9.17, 15) is 14.4 Å². The van der Waals surface area contributed by atoms with Gasteiger partial charge in [0.05, 0.1) is 10.4 Å². The van der Waals surface area contributed by atoms with Gasteiger partial charge in [-0.2, -0.15) is 0 Å². The second-order valence-electron chi connectivity index (χ2n) is 7.16. The molecule has 0 aliphatic carbocycles. The summed E-state index contributed by atoms with van der Waals surface area (Å²) >= 11 is 0.924. The van der Waals surface area contributed by atoms with Crippen LogP contribution in [0.3, 0.4) is 0 Å². The van der Waals surface area contributed by atoms with Gasteiger partial charge in [0, 0.05) is 44.0 Å². The first-order valence-corrected chi connectivity index (χ1v) is 11.0. The lowest BCUT2D eigenvalue weighted by molar-refractivity contribution is -0.122. The zero-order valence-electron chi connectivity index (χ0n) is 17.8. The molecule has 0 radical (unpaired) electrons. The molecule has 31 heavy (non-hydrogen) atoms. The minimum absolute atomic E-state index is 0.0863. The molecule has 3 amide bonds. The minimum Gasteiger partial charge on any atom is -0.385 e. The van der Waals surface area contributed by atoms with Gasteiger partial charge in [-0.15, -0.1) is 6.58 Å². The number of benzene rings is 1. The highest BCUT2D eigenvalue weighted by molar-refractivity contribution is 8.18. The number of carbonyl (C=O) groups is 3. The molecule has 164 valence electrons. The first-order valence-electron chi connectivity index (χ1n) is 10.2. The fourth-order valence-corrected chi connectivity index (χ4v) is 4.41. The zero-order chi connectivity index (χ0) is 22.4. The summed E-state index contributed by atoms with van der Waals surface area (Å²) in [6.07, 6.45) is 6.71. The van der Waals surface area contributed by atoms with Gasteiger partial charge in [0.25, 0.3) is 11.1 Å². The third-order valence-corrected chi connectivity index (χ3v) is 5.93. The van der Waals surface area contributed by atoms with Crippen LogP contribution in [0.1, 0.15) is 24.5 Å². The first kappa shape index (κ1) is 22.8. The molecular formula is C23H27N3O4S. The predicted octanol–water partition coefficient (Wildman–Crippen LogP) is 3.58. The van der Waals surface area contributed by atoms with Crippen LogP contribution in [0.15, 0.2) is 42.0 Å². The van der Waals surface area contributed by atoms with Crippen LogP contribution in [-0.4, -0.2) is 53.3 Å². The molecule has 2 heterocycles. The van der Waals surface area contributed by atoms with E-state index >= 15 is 0 Å². The maximum absolute atomic E-state index is 12.6. The van der Waals surface area contributed by atoms with Crippen LogP contribution in [0.2, 0.25) is 0 Å². The third-order valence-electron chi connectivity index (χ3n) is 5.03. The van der Waals surface area contributed by atoms with Gasteiger partial charge in [-0.3, -0.25) is 19.3 Å². The number of carbonyl (C=O) groups excluding carboxylic acids is 3. The van der Waals surface area contributed by atoms with Gasteiger partial charge in [0.1, 0.15) is 6.54 Å². The number of ether oxygens (including phenoxy) is 1. The number of hydrogen-bond acceptors (Lipinski definition) is 5. The van der Waals surface area contributed by atoms with Crippen molar-refractivity contribution in [2.45, 2.75) is 26.3 Å². The molecule has 0 saturated carbocycles. The number of amides is 3. The standard InChI is InChI=1S/C23H27N3O4S/c1-4-11-26-22(28)19(31-23(26)29)13-17-14-25(15-20(27)24-10-7-12-30-3)21-16(5-2)8-6-9-18(17)21/h4,6,8-9,13-14H,1,5,7,10-12,15H2,2-3H3,(H,24,27)/b19-13-. The maximum atomic E-state index is 12.6. The largest absolute Gasteiger partial charge is 0.385 e. The van der Waals surface area contributed by atoms with Gasteiger partial charge < -0.3 is 14.6 Å². The number of rotatable bonds is 10. The molecule has 8 heteroatoms. The van der Waals surface area contributed by atoms with Gasteiger partial charge in [-0.05, 0) is 36.2 Å². The molecule has 1 aromatic heterocycles. The average Bonchev–Trinajstić information content (AvgIpc) is 3.23. The SMILES string of the molecule is C=CCN1C(=O)S/C(=C\c2cn(CC(=O)NCCCOC)c3c(CC)cccc23)C1=O. The number of methoxy groups -OCH3 is 1. The molecule has 1 saturated heterocycles. The first-order chi connectivity index (χ1) is 15.0. The quantitative estimate of drug-likeness (QED) is 0.346. The number of nitrogens with zero attached hydrogens (tertiary/aromatic N) is 2. The Morgan fingerprint density at radius 3 is 2.84 bits per heavy atom. The number of hydrogen-bond donors (Lipinski definition) is 1. The van der Waals surface area contributed by atoms with Gasteiger partial charge in [-0.25, -0.2) is 0 Å². The van der Waals surface area contributed by atoms with Gasteiger partial charge >= 0.3 is 0 Å². The highest BCUT2D eigenvalue weighted by Crippen LogP contribution is 2.34. The van der Waals surface area contributed by atoms with E-state index in [-0.39, 0.29) is 30.1 Å². The highest BCUT2D eigenvalue weighted by atomic mass is 32.2. The predicted molar refractivity (Wildman–Crippen MR) is 124 cm³/mol. The van der Waals surface area contributed by atoms with Crippen molar-refractivity contribution >= 4 is 45.8 Å². The van der Waals surface area contributed by atoms with Crippen molar-refractivity contribution in [3.05, 3.63) is 53.1 Å². The number of aromatic nitrogens is 1. The summed E-state index contributed by atoms with van der Waals surface area (Å²) in [5.41, 5.74) is 2.89. The van der Waals surface area contributed by atoms with Crippen LogP contribution >= 0.6 is 11.8 Å². The van der Waals surface area contributed by atoms with Crippen LogP contribution in [0, 0.1) is 0 Å². The Kier molecular flexibility index (Phi) is 7.70. The van der Waals surface area contributed by atoms with Crippen LogP contribution in [0.25, 0.3) is 17.0 Å². The van der Waals surface area contributed by atoms with Gasteiger partial charge in [0.2, 0.25) is 5.91 Å². The van der Waals surface area contributed by atoms with E-state index in [0.29, 0.717) is 18.1 Å². The molecule has 0 unspecified atom stereocenters. The fraction of sp³-hybridized carbons (Fsp3) is 0.348. The molecule has 1 aliphatic rings. The molecule has 1 N–H and O–H groups in total. The molecule has 7 nitrogen and oxygen atoms in total. The van der Waals surface area contributed by atoms with Crippen molar-refractivity contribution in [3.63, 3.8) is 0 Å². The lowest BCUT2D eigenvalue weighted by Gasteiger charge is -2.09. The van der Waals surface area contributed by atoms with Crippen molar-refractivity contribution in [1.82, 2.24) is 14.8 Å². The van der Waals surface area contributed by atoms with Crippen molar-refractivity contribution in [2.75, 3.05) is 26.8 Å². The molecule has 3 rings (SSSR count). The van der Waals surface area contributed by atoms with E-state index in [1.807, 2.05) is 29.0 Å². The van der Waals surface area contributed by atoms with Gasteiger partial charge in [0.15, 0.2) is 0 Å². The topological polar surface area (TPSA) is 80.6 Å². The van der Waals surface area contributed by atoms with Crippen molar-refractivity contribution in [3.8, 4) is 0 Å². The summed E-state index contributed by atoms with van der Waals surface area (Å²) in [6, 6.07) is 5.98. The third kappa shape index (κ3) is 5.08. The number of aryl methyl sites for hydroxylation is 1. The molecule has 1 aliphatic heterocycles. The smallest absolute Gasteiger partial charge is 0.293 e. The molecule has 0 atom stereocenters. The number of para-hydroxylation sites is 1. The Hall–Kier alpha value is -2.84. The maximum Gasteiger partial charge on any atom is 0.293 e. The second kappa shape index (κ2) is 10.5.